The van der Waals surface area contributed by atoms with Gasteiger partial charge in [0.15, 0.2) is 0 Å². The molecule has 0 amide bonds. The summed E-state index contributed by atoms with van der Waals surface area (Å²) < 4.78 is 33.9. The van der Waals surface area contributed by atoms with Crippen molar-refractivity contribution in [2.75, 3.05) is 11.8 Å². The van der Waals surface area contributed by atoms with Crippen molar-refractivity contribution in [2.24, 2.45) is 0 Å². The Morgan fingerprint density at radius 1 is 1.14 bits per heavy atom. The van der Waals surface area contributed by atoms with E-state index in [1.165, 1.54) is 7.11 Å². The van der Waals surface area contributed by atoms with Crippen molar-refractivity contribution in [2.45, 2.75) is 18.2 Å². The van der Waals surface area contributed by atoms with Crippen molar-refractivity contribution in [3.63, 3.8) is 0 Å². The van der Waals surface area contributed by atoms with Gasteiger partial charge >= 0.3 is 0 Å². The van der Waals surface area contributed by atoms with Crippen molar-refractivity contribution < 1.29 is 13.2 Å². The minimum absolute atomic E-state index is 0.155. The van der Waals surface area contributed by atoms with Gasteiger partial charge in [-0.05, 0) is 71.0 Å². The number of nitrogens with one attached hydrogen (secondary N) is 1. The standard InChI is InChI=1S/C15H16INO3S/c1-3-11-4-9-14(20-2)15(10-11)21(18,19)17-13-7-5-12(16)6-8-13/h4-10,17H,3H2,1-2H3. The van der Waals surface area contributed by atoms with Crippen molar-refractivity contribution in [3.05, 3.63) is 51.6 Å². The number of benzene rings is 2. The molecule has 0 fully saturated rings. The van der Waals surface area contributed by atoms with E-state index in [0.29, 0.717) is 11.4 Å². The van der Waals surface area contributed by atoms with Crippen LogP contribution in [0.4, 0.5) is 5.69 Å². The molecule has 2 rings (SSSR count). The SMILES string of the molecule is CCc1ccc(OC)c(S(=O)(=O)Nc2ccc(I)cc2)c1. The maximum atomic E-state index is 12.5. The van der Waals surface area contributed by atoms with Gasteiger partial charge in [0.05, 0.1) is 7.11 Å². The van der Waals surface area contributed by atoms with Crippen LogP contribution in [0, 0.1) is 3.57 Å². The number of anilines is 1. The number of rotatable bonds is 5. The van der Waals surface area contributed by atoms with Crippen LogP contribution in [-0.2, 0) is 16.4 Å². The Balaban J connectivity index is 2.41. The molecular formula is C15H16INO3S. The van der Waals surface area contributed by atoms with Gasteiger partial charge in [0.1, 0.15) is 10.6 Å². The predicted molar refractivity (Wildman–Crippen MR) is 92.3 cm³/mol. The molecule has 0 heterocycles. The monoisotopic (exact) mass is 417 g/mol. The van der Waals surface area contributed by atoms with E-state index in [1.807, 2.05) is 25.1 Å². The maximum Gasteiger partial charge on any atom is 0.265 e. The van der Waals surface area contributed by atoms with Gasteiger partial charge in [-0.25, -0.2) is 8.42 Å². The Bertz CT molecular complexity index is 727. The fourth-order valence-corrected chi connectivity index (χ4v) is 3.52. The third kappa shape index (κ3) is 3.88. The molecule has 0 aromatic heterocycles. The van der Waals surface area contributed by atoms with Crippen LogP contribution in [0.15, 0.2) is 47.4 Å². The van der Waals surface area contributed by atoms with Crippen LogP contribution < -0.4 is 9.46 Å². The van der Waals surface area contributed by atoms with Crippen LogP contribution in [0.3, 0.4) is 0 Å². The lowest BCUT2D eigenvalue weighted by atomic mass is 10.2. The molecule has 1 N–H and O–H groups in total. The molecule has 0 radical (unpaired) electrons. The van der Waals surface area contributed by atoms with Crippen molar-refractivity contribution in [3.8, 4) is 5.75 Å². The van der Waals surface area contributed by atoms with E-state index in [0.717, 1.165) is 15.6 Å². The highest BCUT2D eigenvalue weighted by Crippen LogP contribution is 2.27. The molecule has 0 unspecified atom stereocenters. The fraction of sp³-hybridized carbons (Fsp3) is 0.200. The molecule has 112 valence electrons. The second-order valence-corrected chi connectivity index (χ2v) is 7.35. The van der Waals surface area contributed by atoms with Gasteiger partial charge in [-0.3, -0.25) is 4.72 Å². The molecule has 6 heteroatoms. The molecule has 2 aromatic carbocycles. The molecule has 0 saturated heterocycles. The molecule has 2 aromatic rings. The lowest BCUT2D eigenvalue weighted by molar-refractivity contribution is 0.402. The van der Waals surface area contributed by atoms with E-state index in [4.69, 9.17) is 4.74 Å². The van der Waals surface area contributed by atoms with Crippen LogP contribution in [-0.4, -0.2) is 15.5 Å². The smallest absolute Gasteiger partial charge is 0.265 e. The zero-order valence-electron chi connectivity index (χ0n) is 11.8. The molecular weight excluding hydrogens is 401 g/mol. The Morgan fingerprint density at radius 3 is 2.38 bits per heavy atom. The maximum absolute atomic E-state index is 12.5. The number of methoxy groups -OCH3 is 1. The Morgan fingerprint density at radius 2 is 1.81 bits per heavy atom. The fourth-order valence-electron chi connectivity index (χ4n) is 1.88. The van der Waals surface area contributed by atoms with Crippen LogP contribution in [0.2, 0.25) is 0 Å². The number of hydrogen-bond donors (Lipinski definition) is 1. The van der Waals surface area contributed by atoms with Gasteiger partial charge in [0.2, 0.25) is 0 Å². The average Bonchev–Trinajstić information content (AvgIpc) is 2.48. The third-order valence-corrected chi connectivity index (χ3v) is 5.14. The highest BCUT2D eigenvalue weighted by molar-refractivity contribution is 14.1. The van der Waals surface area contributed by atoms with Crippen molar-refractivity contribution >= 4 is 38.3 Å². The van der Waals surface area contributed by atoms with Gasteiger partial charge in [0, 0.05) is 9.26 Å². The van der Waals surface area contributed by atoms with Gasteiger partial charge in [-0.2, -0.15) is 0 Å². The normalized spacial score (nSPS) is 11.2. The minimum atomic E-state index is -3.68. The molecule has 4 nitrogen and oxygen atoms in total. The first-order chi connectivity index (χ1) is 9.96. The first kappa shape index (κ1) is 16.1. The van der Waals surface area contributed by atoms with Gasteiger partial charge in [0.25, 0.3) is 10.0 Å². The Labute approximate surface area is 138 Å². The molecule has 0 aliphatic carbocycles. The van der Waals surface area contributed by atoms with Crippen LogP contribution in [0.5, 0.6) is 5.75 Å². The lowest BCUT2D eigenvalue weighted by Gasteiger charge is -2.13. The summed E-state index contributed by atoms with van der Waals surface area (Å²) in [6.45, 7) is 1.98. The average molecular weight is 417 g/mol. The Hall–Kier alpha value is -1.28. The number of halogens is 1. The van der Waals surface area contributed by atoms with E-state index >= 15 is 0 Å². The van der Waals surface area contributed by atoms with E-state index < -0.39 is 10.0 Å². The van der Waals surface area contributed by atoms with Crippen LogP contribution in [0.25, 0.3) is 0 Å². The minimum Gasteiger partial charge on any atom is -0.495 e. The second-order valence-electron chi connectivity index (χ2n) is 4.45. The van der Waals surface area contributed by atoms with E-state index in [1.54, 1.807) is 24.3 Å². The summed E-state index contributed by atoms with van der Waals surface area (Å²) >= 11 is 2.17. The van der Waals surface area contributed by atoms with Crippen LogP contribution >= 0.6 is 22.6 Å². The molecule has 0 atom stereocenters. The van der Waals surface area contributed by atoms with E-state index in [2.05, 4.69) is 27.3 Å². The summed E-state index contributed by atoms with van der Waals surface area (Å²) in [5.74, 6) is 0.338. The summed E-state index contributed by atoms with van der Waals surface area (Å²) in [6.07, 6.45) is 0.760. The quantitative estimate of drug-likeness (QED) is 0.756. The number of sulfonamides is 1. The number of hydrogen-bond acceptors (Lipinski definition) is 3. The molecule has 0 aliphatic rings. The third-order valence-electron chi connectivity index (χ3n) is 3.02. The largest absolute Gasteiger partial charge is 0.495 e. The van der Waals surface area contributed by atoms with Crippen molar-refractivity contribution in [1.29, 1.82) is 0 Å². The highest BCUT2D eigenvalue weighted by atomic mass is 127. The van der Waals surface area contributed by atoms with Gasteiger partial charge in [-0.1, -0.05) is 13.0 Å². The Kier molecular flexibility index (Phi) is 5.10. The lowest BCUT2D eigenvalue weighted by Crippen LogP contribution is -2.14. The topological polar surface area (TPSA) is 55.4 Å². The van der Waals surface area contributed by atoms with Crippen LogP contribution in [0.1, 0.15) is 12.5 Å². The summed E-state index contributed by atoms with van der Waals surface area (Å²) in [6, 6.07) is 12.3. The first-order valence-electron chi connectivity index (χ1n) is 6.41. The zero-order chi connectivity index (χ0) is 15.5. The molecule has 0 aliphatic heterocycles. The summed E-state index contributed by atoms with van der Waals surface area (Å²) in [5, 5.41) is 0. The zero-order valence-corrected chi connectivity index (χ0v) is 14.7. The van der Waals surface area contributed by atoms with Crippen molar-refractivity contribution in [1.82, 2.24) is 0 Å². The molecule has 21 heavy (non-hydrogen) atoms. The highest BCUT2D eigenvalue weighted by Gasteiger charge is 2.20. The van der Waals surface area contributed by atoms with E-state index in [-0.39, 0.29) is 4.90 Å². The van der Waals surface area contributed by atoms with Gasteiger partial charge < -0.3 is 4.74 Å². The number of aryl methyl sites for hydroxylation is 1. The number of ether oxygens (including phenoxy) is 1. The second kappa shape index (κ2) is 6.65. The molecule has 0 saturated carbocycles. The summed E-state index contributed by atoms with van der Waals surface area (Å²) in [5.41, 5.74) is 1.47. The van der Waals surface area contributed by atoms with Gasteiger partial charge in [-0.15, -0.1) is 0 Å². The van der Waals surface area contributed by atoms with E-state index in [9.17, 15) is 8.42 Å². The first-order valence-corrected chi connectivity index (χ1v) is 8.97. The molecule has 0 bridgehead atoms. The molecule has 0 spiro atoms. The predicted octanol–water partition coefficient (Wildman–Crippen LogP) is 3.66. The summed E-state index contributed by atoms with van der Waals surface area (Å²) in [7, 11) is -2.22. The summed E-state index contributed by atoms with van der Waals surface area (Å²) in [4.78, 5) is 0.155.